The largest absolute Gasteiger partial charge is 0.508 e. The number of hydrogen-bond donors (Lipinski definition) is 1. The molecule has 0 saturated carbocycles. The van der Waals surface area contributed by atoms with Crippen LogP contribution in [-0.2, 0) is 11.0 Å². The fourth-order valence-electron chi connectivity index (χ4n) is 2.09. The van der Waals surface area contributed by atoms with Gasteiger partial charge in [-0.1, -0.05) is 0 Å². The monoisotopic (exact) mass is 395 g/mol. The number of phenols is 1. The summed E-state index contributed by atoms with van der Waals surface area (Å²) in [6.07, 6.45) is -1.88. The molecule has 0 aliphatic carbocycles. The number of aromatic hydroxyl groups is 1. The summed E-state index contributed by atoms with van der Waals surface area (Å²) in [5, 5.41) is 8.38. The lowest BCUT2D eigenvalue weighted by Crippen LogP contribution is -2.34. The SMILES string of the molecule is O=C1S/C(=C\c2cnc(C(F)(F)F)nc2)C(=O)N1C(=O)c1ccc(O)cc1. The Bertz CT molecular complexity index is 956. The number of benzene rings is 1. The zero-order valence-corrected chi connectivity index (χ0v) is 13.9. The summed E-state index contributed by atoms with van der Waals surface area (Å²) in [4.78, 5) is 43.3. The maximum atomic E-state index is 12.5. The van der Waals surface area contributed by atoms with Crippen LogP contribution in [0, 0.1) is 0 Å². The van der Waals surface area contributed by atoms with Crippen LogP contribution in [0.2, 0.25) is 0 Å². The molecule has 1 saturated heterocycles. The second-order valence-electron chi connectivity index (χ2n) is 5.21. The molecule has 0 atom stereocenters. The summed E-state index contributed by atoms with van der Waals surface area (Å²) in [6.45, 7) is 0. The maximum Gasteiger partial charge on any atom is 0.451 e. The summed E-state index contributed by atoms with van der Waals surface area (Å²) in [7, 11) is 0. The number of aromatic nitrogens is 2. The Kier molecular flexibility index (Phi) is 4.70. The number of amides is 3. The van der Waals surface area contributed by atoms with Crippen molar-refractivity contribution in [3.8, 4) is 5.75 Å². The van der Waals surface area contributed by atoms with E-state index in [0.29, 0.717) is 16.7 Å². The first-order valence-corrected chi connectivity index (χ1v) is 7.99. The van der Waals surface area contributed by atoms with E-state index in [1.165, 1.54) is 24.3 Å². The van der Waals surface area contributed by atoms with Gasteiger partial charge in [-0.15, -0.1) is 0 Å². The van der Waals surface area contributed by atoms with Gasteiger partial charge in [0.1, 0.15) is 5.75 Å². The van der Waals surface area contributed by atoms with Gasteiger partial charge in [0.05, 0.1) is 4.91 Å². The average Bonchev–Trinajstić information content (AvgIpc) is 2.88. The Balaban J connectivity index is 1.84. The standard InChI is InChI=1S/C16H8F3N3O4S/c17-16(18,19)14-20-6-8(7-21-14)5-11-13(25)22(15(26)27-11)12(24)9-1-3-10(23)4-2-9/h1-7,23H/b11-5-. The molecule has 1 aromatic heterocycles. The van der Waals surface area contributed by atoms with E-state index in [1.54, 1.807) is 0 Å². The zero-order chi connectivity index (χ0) is 19.8. The second kappa shape index (κ2) is 6.83. The summed E-state index contributed by atoms with van der Waals surface area (Å²) in [5.74, 6) is -3.23. The number of nitrogens with zero attached hydrogens (tertiary/aromatic N) is 3. The Hall–Kier alpha value is -3.21. The number of thioether (sulfide) groups is 1. The fraction of sp³-hybridized carbons (Fsp3) is 0.0625. The predicted molar refractivity (Wildman–Crippen MR) is 87.3 cm³/mol. The maximum absolute atomic E-state index is 12.5. The molecule has 0 unspecified atom stereocenters. The van der Waals surface area contributed by atoms with Crippen molar-refractivity contribution in [3.05, 3.63) is 58.5 Å². The molecule has 3 rings (SSSR count). The number of rotatable bonds is 2. The molecule has 1 aliphatic rings. The van der Waals surface area contributed by atoms with Crippen molar-refractivity contribution in [2.45, 2.75) is 6.18 Å². The molecule has 11 heteroatoms. The van der Waals surface area contributed by atoms with E-state index in [2.05, 4.69) is 9.97 Å². The van der Waals surface area contributed by atoms with Crippen LogP contribution in [0.1, 0.15) is 21.7 Å². The highest BCUT2D eigenvalue weighted by atomic mass is 32.2. The van der Waals surface area contributed by atoms with E-state index in [-0.39, 0.29) is 21.8 Å². The first kappa shape index (κ1) is 18.6. The molecule has 3 amide bonds. The van der Waals surface area contributed by atoms with Crippen LogP contribution in [0.4, 0.5) is 18.0 Å². The van der Waals surface area contributed by atoms with Crippen molar-refractivity contribution in [3.63, 3.8) is 0 Å². The van der Waals surface area contributed by atoms with Gasteiger partial charge in [-0.25, -0.2) is 14.9 Å². The van der Waals surface area contributed by atoms with Crippen LogP contribution >= 0.6 is 11.8 Å². The third-order valence-corrected chi connectivity index (χ3v) is 4.20. The quantitative estimate of drug-likeness (QED) is 0.616. The summed E-state index contributed by atoms with van der Waals surface area (Å²) < 4.78 is 37.4. The minimum Gasteiger partial charge on any atom is -0.508 e. The molecule has 2 aromatic rings. The zero-order valence-electron chi connectivity index (χ0n) is 13.1. The lowest BCUT2D eigenvalue weighted by Gasteiger charge is -2.10. The normalized spacial score (nSPS) is 16.3. The van der Waals surface area contributed by atoms with Gasteiger partial charge in [0.25, 0.3) is 11.8 Å². The van der Waals surface area contributed by atoms with E-state index in [4.69, 9.17) is 0 Å². The Morgan fingerprint density at radius 1 is 1.11 bits per heavy atom. The van der Waals surface area contributed by atoms with Gasteiger partial charge in [-0.2, -0.15) is 13.2 Å². The molecule has 27 heavy (non-hydrogen) atoms. The molecule has 138 valence electrons. The van der Waals surface area contributed by atoms with Crippen molar-refractivity contribution in [1.82, 2.24) is 14.9 Å². The fourth-order valence-corrected chi connectivity index (χ4v) is 2.91. The minimum absolute atomic E-state index is 0.00853. The van der Waals surface area contributed by atoms with Gasteiger partial charge < -0.3 is 5.11 Å². The van der Waals surface area contributed by atoms with Crippen LogP contribution in [0.5, 0.6) is 5.75 Å². The highest BCUT2D eigenvalue weighted by Gasteiger charge is 2.40. The molecule has 0 radical (unpaired) electrons. The third-order valence-electron chi connectivity index (χ3n) is 3.33. The molecule has 2 heterocycles. The average molecular weight is 395 g/mol. The van der Waals surface area contributed by atoms with E-state index in [0.717, 1.165) is 18.5 Å². The number of imide groups is 3. The minimum atomic E-state index is -4.70. The third kappa shape index (κ3) is 3.82. The van der Waals surface area contributed by atoms with Crippen molar-refractivity contribution >= 4 is 34.9 Å². The van der Waals surface area contributed by atoms with E-state index in [1.807, 2.05) is 0 Å². The Labute approximate surface area is 153 Å². The van der Waals surface area contributed by atoms with E-state index >= 15 is 0 Å². The van der Waals surface area contributed by atoms with Crippen molar-refractivity contribution in [2.24, 2.45) is 0 Å². The molecule has 0 spiro atoms. The molecular weight excluding hydrogens is 387 g/mol. The van der Waals surface area contributed by atoms with Gasteiger partial charge in [-0.05, 0) is 42.1 Å². The molecule has 0 bridgehead atoms. The Morgan fingerprint density at radius 2 is 1.70 bits per heavy atom. The number of hydrogen-bond acceptors (Lipinski definition) is 7. The summed E-state index contributed by atoms with van der Waals surface area (Å²) in [5.41, 5.74) is 0.0693. The first-order valence-electron chi connectivity index (χ1n) is 7.17. The molecule has 1 N–H and O–H groups in total. The molecule has 1 aromatic carbocycles. The van der Waals surface area contributed by atoms with Crippen molar-refractivity contribution in [2.75, 3.05) is 0 Å². The van der Waals surface area contributed by atoms with Gasteiger partial charge >= 0.3 is 11.4 Å². The highest BCUT2D eigenvalue weighted by molar-refractivity contribution is 8.18. The van der Waals surface area contributed by atoms with Crippen LogP contribution in [0.15, 0.2) is 41.6 Å². The number of carbonyl (C=O) groups excluding carboxylic acids is 3. The van der Waals surface area contributed by atoms with Gasteiger partial charge in [0.2, 0.25) is 5.82 Å². The summed E-state index contributed by atoms with van der Waals surface area (Å²) >= 11 is 0.463. The number of halogens is 3. The number of carbonyl (C=O) groups is 3. The lowest BCUT2D eigenvalue weighted by atomic mass is 10.2. The van der Waals surface area contributed by atoms with E-state index < -0.39 is 29.1 Å². The molecule has 1 fully saturated rings. The van der Waals surface area contributed by atoms with Gasteiger partial charge in [0.15, 0.2) is 0 Å². The van der Waals surface area contributed by atoms with Gasteiger partial charge in [0, 0.05) is 23.5 Å². The molecule has 1 aliphatic heterocycles. The van der Waals surface area contributed by atoms with Crippen LogP contribution < -0.4 is 0 Å². The number of alkyl halides is 3. The lowest BCUT2D eigenvalue weighted by molar-refractivity contribution is -0.145. The Morgan fingerprint density at radius 3 is 2.26 bits per heavy atom. The van der Waals surface area contributed by atoms with Gasteiger partial charge in [-0.3, -0.25) is 14.4 Å². The van der Waals surface area contributed by atoms with Crippen molar-refractivity contribution < 1.29 is 32.7 Å². The van der Waals surface area contributed by atoms with E-state index in [9.17, 15) is 32.7 Å². The molecular formula is C16H8F3N3O4S. The smallest absolute Gasteiger partial charge is 0.451 e. The van der Waals surface area contributed by atoms with Crippen LogP contribution in [0.3, 0.4) is 0 Å². The van der Waals surface area contributed by atoms with Crippen LogP contribution in [-0.4, -0.2) is 37.0 Å². The molecule has 7 nitrogen and oxygen atoms in total. The number of phenolic OH excluding ortho intramolecular Hbond substituents is 1. The highest BCUT2D eigenvalue weighted by Crippen LogP contribution is 2.33. The summed E-state index contributed by atoms with van der Waals surface area (Å²) in [6, 6.07) is 4.94. The topological polar surface area (TPSA) is 100 Å². The predicted octanol–water partition coefficient (Wildman–Crippen LogP) is 3.08. The van der Waals surface area contributed by atoms with Crippen molar-refractivity contribution in [1.29, 1.82) is 0 Å². The first-order chi connectivity index (χ1) is 12.7. The van der Waals surface area contributed by atoms with Crippen LogP contribution in [0.25, 0.3) is 6.08 Å². The second-order valence-corrected chi connectivity index (χ2v) is 6.20.